The third-order valence-electron chi connectivity index (χ3n) is 3.87. The molecule has 0 aliphatic carbocycles. The van der Waals surface area contributed by atoms with E-state index >= 15 is 0 Å². The largest absolute Gasteiger partial charge is 0.367 e. The van der Waals surface area contributed by atoms with E-state index in [1.165, 1.54) is 5.56 Å². The highest BCUT2D eigenvalue weighted by molar-refractivity contribution is 5.89. The summed E-state index contributed by atoms with van der Waals surface area (Å²) >= 11 is 0. The summed E-state index contributed by atoms with van der Waals surface area (Å²) in [5.41, 5.74) is 7.24. The molecule has 22 heavy (non-hydrogen) atoms. The zero-order chi connectivity index (χ0) is 16.2. The monoisotopic (exact) mass is 297 g/mol. The van der Waals surface area contributed by atoms with Crippen molar-refractivity contribution < 1.29 is 9.53 Å². The molecule has 116 valence electrons. The van der Waals surface area contributed by atoms with Crippen molar-refractivity contribution in [3.8, 4) is 0 Å². The third kappa shape index (κ3) is 2.90. The first-order chi connectivity index (χ1) is 10.5. The lowest BCUT2D eigenvalue weighted by Gasteiger charge is -2.31. The van der Waals surface area contributed by atoms with Gasteiger partial charge in [-0.05, 0) is 29.5 Å². The first kappa shape index (κ1) is 16.2. The fraction of sp³-hybridized carbons (Fsp3) is 0.316. The van der Waals surface area contributed by atoms with Crippen molar-refractivity contribution in [2.75, 3.05) is 6.61 Å². The van der Waals surface area contributed by atoms with E-state index in [1.807, 2.05) is 61.5 Å². The van der Waals surface area contributed by atoms with Gasteiger partial charge in [0.05, 0.1) is 0 Å². The van der Waals surface area contributed by atoms with Crippen LogP contribution < -0.4 is 5.73 Å². The molecule has 0 unspecified atom stereocenters. The van der Waals surface area contributed by atoms with E-state index in [4.69, 9.17) is 10.5 Å². The van der Waals surface area contributed by atoms with Gasteiger partial charge in [-0.25, -0.2) is 0 Å². The van der Waals surface area contributed by atoms with Crippen molar-refractivity contribution in [3.05, 3.63) is 71.3 Å². The number of carbonyl (C=O) groups is 1. The van der Waals surface area contributed by atoms with Crippen molar-refractivity contribution in [1.82, 2.24) is 0 Å². The topological polar surface area (TPSA) is 52.3 Å². The Balaban J connectivity index is 2.60. The summed E-state index contributed by atoms with van der Waals surface area (Å²) in [4.78, 5) is 12.3. The maximum atomic E-state index is 12.3. The smallest absolute Gasteiger partial charge is 0.259 e. The lowest BCUT2D eigenvalue weighted by atomic mass is 9.84. The number of benzene rings is 2. The van der Waals surface area contributed by atoms with E-state index < -0.39 is 11.5 Å². The predicted molar refractivity (Wildman–Crippen MR) is 88.6 cm³/mol. The van der Waals surface area contributed by atoms with E-state index in [2.05, 4.69) is 13.8 Å². The first-order valence-electron chi connectivity index (χ1n) is 7.62. The zero-order valence-corrected chi connectivity index (χ0v) is 13.4. The van der Waals surface area contributed by atoms with Gasteiger partial charge >= 0.3 is 0 Å². The molecular weight excluding hydrogens is 274 g/mol. The van der Waals surface area contributed by atoms with Crippen LogP contribution in [0.1, 0.15) is 43.4 Å². The molecule has 2 aromatic carbocycles. The number of carbonyl (C=O) groups excluding carboxylic acids is 1. The van der Waals surface area contributed by atoms with Crippen LogP contribution in [0.2, 0.25) is 0 Å². The van der Waals surface area contributed by atoms with Gasteiger partial charge in [0, 0.05) is 6.61 Å². The summed E-state index contributed by atoms with van der Waals surface area (Å²) in [6, 6.07) is 17.3. The Morgan fingerprint density at radius 2 is 1.59 bits per heavy atom. The van der Waals surface area contributed by atoms with Crippen LogP contribution in [0.4, 0.5) is 0 Å². The van der Waals surface area contributed by atoms with Gasteiger partial charge in [0.15, 0.2) is 5.60 Å². The molecule has 2 aromatic rings. The fourth-order valence-corrected chi connectivity index (χ4v) is 2.68. The highest BCUT2D eigenvalue weighted by Gasteiger charge is 2.41. The summed E-state index contributed by atoms with van der Waals surface area (Å²) in [5.74, 6) is -0.0707. The van der Waals surface area contributed by atoms with Crippen LogP contribution in [0, 0.1) is 0 Å². The van der Waals surface area contributed by atoms with Crippen molar-refractivity contribution in [2.45, 2.75) is 32.3 Å². The van der Waals surface area contributed by atoms with E-state index in [9.17, 15) is 4.79 Å². The van der Waals surface area contributed by atoms with Gasteiger partial charge in [-0.1, -0.05) is 68.4 Å². The molecule has 0 aromatic heterocycles. The van der Waals surface area contributed by atoms with E-state index in [1.54, 1.807) is 0 Å². The third-order valence-corrected chi connectivity index (χ3v) is 3.87. The van der Waals surface area contributed by atoms with Crippen molar-refractivity contribution in [1.29, 1.82) is 0 Å². The summed E-state index contributed by atoms with van der Waals surface area (Å²) < 4.78 is 5.89. The average Bonchev–Trinajstić information content (AvgIpc) is 2.53. The van der Waals surface area contributed by atoms with Crippen LogP contribution in [0.15, 0.2) is 54.6 Å². The molecule has 0 bridgehead atoms. The second-order valence-electron chi connectivity index (χ2n) is 5.62. The van der Waals surface area contributed by atoms with Gasteiger partial charge in [-0.15, -0.1) is 0 Å². The normalized spacial score (nSPS) is 13.8. The molecule has 1 amide bonds. The molecule has 3 nitrogen and oxygen atoms in total. The molecule has 0 aliphatic rings. The second-order valence-corrected chi connectivity index (χ2v) is 5.62. The Kier molecular flexibility index (Phi) is 4.99. The van der Waals surface area contributed by atoms with Crippen molar-refractivity contribution in [3.63, 3.8) is 0 Å². The van der Waals surface area contributed by atoms with Gasteiger partial charge in [0.2, 0.25) is 0 Å². The standard InChI is InChI=1S/C19H23NO2/c1-4-22-19(18(20)21,16-8-6-5-7-9-16)17-12-10-15(11-13-17)14(2)3/h5-14H,4H2,1-3H3,(H2,20,21)/t19-/m0/s1. The molecule has 3 heteroatoms. The molecule has 0 aliphatic heterocycles. The number of ether oxygens (including phenoxy) is 1. The fourth-order valence-electron chi connectivity index (χ4n) is 2.68. The molecular formula is C19H23NO2. The number of rotatable bonds is 6. The Morgan fingerprint density at radius 1 is 1.05 bits per heavy atom. The number of amides is 1. The molecule has 1 atom stereocenters. The Bertz CT molecular complexity index is 620. The van der Waals surface area contributed by atoms with Crippen LogP contribution in [-0.4, -0.2) is 12.5 Å². The summed E-state index contributed by atoms with van der Waals surface area (Å²) in [6.45, 7) is 6.53. The Hall–Kier alpha value is -2.13. The number of hydrogen-bond acceptors (Lipinski definition) is 2. The van der Waals surface area contributed by atoms with Gasteiger partial charge < -0.3 is 10.5 Å². The SMILES string of the molecule is CCO[C@@](C(N)=O)(c1ccccc1)c1ccc(C(C)C)cc1. The van der Waals surface area contributed by atoms with Crippen LogP contribution in [0.25, 0.3) is 0 Å². The maximum absolute atomic E-state index is 12.3. The number of nitrogens with two attached hydrogens (primary N) is 1. The minimum absolute atomic E-state index is 0.393. The lowest BCUT2D eigenvalue weighted by molar-refractivity contribution is -0.139. The molecule has 0 heterocycles. The molecule has 0 radical (unpaired) electrons. The average molecular weight is 297 g/mol. The summed E-state index contributed by atoms with van der Waals surface area (Å²) in [6.07, 6.45) is 0. The van der Waals surface area contributed by atoms with Crippen molar-refractivity contribution in [2.24, 2.45) is 5.73 Å². The number of primary amides is 1. The van der Waals surface area contributed by atoms with E-state index in [-0.39, 0.29) is 0 Å². The summed E-state index contributed by atoms with van der Waals surface area (Å²) in [5, 5.41) is 0. The van der Waals surface area contributed by atoms with E-state index in [0.29, 0.717) is 12.5 Å². The molecule has 0 saturated heterocycles. The Morgan fingerprint density at radius 3 is 2.05 bits per heavy atom. The maximum Gasteiger partial charge on any atom is 0.259 e. The van der Waals surface area contributed by atoms with Gasteiger partial charge in [0.1, 0.15) is 0 Å². The summed E-state index contributed by atoms with van der Waals surface area (Å²) in [7, 11) is 0. The van der Waals surface area contributed by atoms with Gasteiger partial charge in [-0.3, -0.25) is 4.79 Å². The van der Waals surface area contributed by atoms with Crippen LogP contribution >= 0.6 is 0 Å². The molecule has 0 saturated carbocycles. The predicted octanol–water partition coefficient (Wildman–Crippen LogP) is 3.58. The molecule has 0 fully saturated rings. The quantitative estimate of drug-likeness (QED) is 0.886. The highest BCUT2D eigenvalue weighted by atomic mass is 16.5. The lowest BCUT2D eigenvalue weighted by Crippen LogP contribution is -2.44. The van der Waals surface area contributed by atoms with Gasteiger partial charge in [-0.2, -0.15) is 0 Å². The zero-order valence-electron chi connectivity index (χ0n) is 13.4. The van der Waals surface area contributed by atoms with E-state index in [0.717, 1.165) is 11.1 Å². The molecule has 2 N–H and O–H groups in total. The Labute approximate surface area is 132 Å². The highest BCUT2D eigenvalue weighted by Crippen LogP contribution is 2.34. The minimum atomic E-state index is -1.24. The molecule has 0 spiro atoms. The van der Waals surface area contributed by atoms with Crippen LogP contribution in [0.3, 0.4) is 0 Å². The van der Waals surface area contributed by atoms with Crippen LogP contribution in [-0.2, 0) is 15.1 Å². The van der Waals surface area contributed by atoms with Crippen LogP contribution in [0.5, 0.6) is 0 Å². The minimum Gasteiger partial charge on any atom is -0.367 e. The van der Waals surface area contributed by atoms with Crippen molar-refractivity contribution >= 4 is 5.91 Å². The second kappa shape index (κ2) is 6.75. The van der Waals surface area contributed by atoms with Gasteiger partial charge in [0.25, 0.3) is 5.91 Å². The number of hydrogen-bond donors (Lipinski definition) is 1. The first-order valence-corrected chi connectivity index (χ1v) is 7.62. The molecule has 2 rings (SSSR count).